The van der Waals surface area contributed by atoms with Crippen LogP contribution < -0.4 is 10.1 Å². The van der Waals surface area contributed by atoms with Gasteiger partial charge in [-0.15, -0.1) is 0 Å². The van der Waals surface area contributed by atoms with Gasteiger partial charge in [-0.3, -0.25) is 0 Å². The molecule has 0 aliphatic carbocycles. The average molecular weight is 240 g/mol. The zero-order valence-electron chi connectivity index (χ0n) is 10.9. The van der Waals surface area contributed by atoms with E-state index in [0.717, 1.165) is 18.9 Å². The maximum atomic E-state index is 5.11. The van der Waals surface area contributed by atoms with Crippen molar-refractivity contribution in [3.8, 4) is 5.88 Å². The van der Waals surface area contributed by atoms with Gasteiger partial charge in [0.05, 0.1) is 7.11 Å². The Bertz CT molecular complexity index is 344. The van der Waals surface area contributed by atoms with Crippen LogP contribution in [0.15, 0.2) is 6.07 Å². The molecule has 0 bridgehead atoms. The van der Waals surface area contributed by atoms with Gasteiger partial charge < -0.3 is 19.7 Å². The van der Waals surface area contributed by atoms with Crippen LogP contribution in [0.5, 0.6) is 5.88 Å². The van der Waals surface area contributed by atoms with Crippen molar-refractivity contribution >= 4 is 5.82 Å². The fraction of sp³-hybridized carbons (Fsp3) is 0.636. The van der Waals surface area contributed by atoms with Crippen LogP contribution in [0.25, 0.3) is 0 Å². The first-order chi connectivity index (χ1) is 8.15. The van der Waals surface area contributed by atoms with Crippen LogP contribution in [-0.4, -0.2) is 56.3 Å². The van der Waals surface area contributed by atoms with Gasteiger partial charge in [-0.2, -0.15) is 4.98 Å². The van der Waals surface area contributed by atoms with Crippen molar-refractivity contribution in [1.82, 2.24) is 14.9 Å². The Balaban J connectivity index is 2.66. The van der Waals surface area contributed by atoms with Crippen LogP contribution in [0.4, 0.5) is 5.82 Å². The van der Waals surface area contributed by atoms with Crippen molar-refractivity contribution in [3.05, 3.63) is 11.9 Å². The highest BCUT2D eigenvalue weighted by Gasteiger charge is 2.04. The fourth-order valence-electron chi connectivity index (χ4n) is 1.27. The lowest BCUT2D eigenvalue weighted by molar-refractivity contribution is 0.177. The van der Waals surface area contributed by atoms with Gasteiger partial charge in [0.2, 0.25) is 5.88 Å². The lowest BCUT2D eigenvalue weighted by atomic mass is 10.5. The Morgan fingerprint density at radius 3 is 2.65 bits per heavy atom. The Morgan fingerprint density at radius 2 is 2.06 bits per heavy atom. The van der Waals surface area contributed by atoms with Crippen molar-refractivity contribution in [2.75, 3.05) is 46.7 Å². The largest absolute Gasteiger partial charge is 0.481 e. The van der Waals surface area contributed by atoms with Crippen LogP contribution in [0, 0.1) is 0 Å². The number of hydrogen-bond acceptors (Lipinski definition) is 6. The van der Waals surface area contributed by atoms with Gasteiger partial charge >= 0.3 is 0 Å². The zero-order chi connectivity index (χ0) is 12.7. The van der Waals surface area contributed by atoms with Crippen molar-refractivity contribution < 1.29 is 9.47 Å². The smallest absolute Gasteiger partial charge is 0.218 e. The SMILES string of the molecule is COCc1nc(NCCN(C)C)cc(OC)n1. The monoisotopic (exact) mass is 240 g/mol. The number of hydrogen-bond donors (Lipinski definition) is 1. The van der Waals surface area contributed by atoms with Crippen LogP contribution in [-0.2, 0) is 11.3 Å². The Hall–Kier alpha value is -1.40. The number of anilines is 1. The van der Waals surface area contributed by atoms with Crippen molar-refractivity contribution in [1.29, 1.82) is 0 Å². The summed E-state index contributed by atoms with van der Waals surface area (Å²) in [6.07, 6.45) is 0. The highest BCUT2D eigenvalue weighted by molar-refractivity contribution is 5.38. The molecule has 0 aliphatic rings. The lowest BCUT2D eigenvalue weighted by Crippen LogP contribution is -2.21. The van der Waals surface area contributed by atoms with E-state index >= 15 is 0 Å². The first-order valence-corrected chi connectivity index (χ1v) is 5.45. The van der Waals surface area contributed by atoms with E-state index in [0.29, 0.717) is 18.3 Å². The molecule has 6 nitrogen and oxygen atoms in total. The summed E-state index contributed by atoms with van der Waals surface area (Å²) < 4.78 is 10.1. The molecule has 1 aromatic heterocycles. The van der Waals surface area contributed by atoms with Gasteiger partial charge in [-0.1, -0.05) is 0 Å². The van der Waals surface area contributed by atoms with Gasteiger partial charge in [-0.25, -0.2) is 4.98 Å². The quantitative estimate of drug-likeness (QED) is 0.753. The second kappa shape index (κ2) is 7.03. The molecule has 1 rings (SSSR count). The highest BCUT2D eigenvalue weighted by atomic mass is 16.5. The van der Waals surface area contributed by atoms with E-state index in [1.807, 2.05) is 14.1 Å². The third-order valence-corrected chi connectivity index (χ3v) is 2.10. The molecule has 6 heteroatoms. The molecule has 0 amide bonds. The first-order valence-electron chi connectivity index (χ1n) is 5.45. The lowest BCUT2D eigenvalue weighted by Gasteiger charge is -2.12. The molecule has 0 unspecified atom stereocenters. The molecule has 0 fully saturated rings. The van der Waals surface area contributed by atoms with E-state index in [9.17, 15) is 0 Å². The van der Waals surface area contributed by atoms with Gasteiger partial charge in [-0.05, 0) is 14.1 Å². The second-order valence-corrected chi connectivity index (χ2v) is 3.87. The normalized spacial score (nSPS) is 10.6. The van der Waals surface area contributed by atoms with Gasteiger partial charge in [0.25, 0.3) is 0 Å². The molecular formula is C11H20N4O2. The third kappa shape index (κ3) is 4.97. The van der Waals surface area contributed by atoms with Gasteiger partial charge in [0.1, 0.15) is 12.4 Å². The minimum atomic E-state index is 0.375. The number of likely N-dealkylation sites (N-methyl/N-ethyl adjacent to an activating group) is 1. The second-order valence-electron chi connectivity index (χ2n) is 3.87. The van der Waals surface area contributed by atoms with Crippen molar-refractivity contribution in [2.45, 2.75) is 6.61 Å². The molecule has 0 saturated heterocycles. The van der Waals surface area contributed by atoms with Crippen LogP contribution >= 0.6 is 0 Å². The number of nitrogens with one attached hydrogen (secondary N) is 1. The summed E-state index contributed by atoms with van der Waals surface area (Å²) >= 11 is 0. The number of rotatable bonds is 7. The Kier molecular flexibility index (Phi) is 5.65. The van der Waals surface area contributed by atoms with Crippen molar-refractivity contribution in [3.63, 3.8) is 0 Å². The van der Waals surface area contributed by atoms with E-state index in [2.05, 4.69) is 20.2 Å². The predicted molar refractivity (Wildman–Crippen MR) is 66.3 cm³/mol. The van der Waals surface area contributed by atoms with E-state index in [-0.39, 0.29) is 0 Å². The fourth-order valence-corrected chi connectivity index (χ4v) is 1.27. The van der Waals surface area contributed by atoms with E-state index in [1.54, 1.807) is 20.3 Å². The molecule has 0 radical (unpaired) electrons. The summed E-state index contributed by atoms with van der Waals surface area (Å²) in [4.78, 5) is 10.6. The van der Waals surface area contributed by atoms with Gasteiger partial charge in [0, 0.05) is 26.3 Å². The maximum absolute atomic E-state index is 5.11. The summed E-state index contributed by atoms with van der Waals surface area (Å²) in [5, 5.41) is 3.22. The number of methoxy groups -OCH3 is 2. The molecule has 1 heterocycles. The molecule has 0 saturated carbocycles. The van der Waals surface area contributed by atoms with Gasteiger partial charge in [0.15, 0.2) is 5.82 Å². The summed E-state index contributed by atoms with van der Waals surface area (Å²) in [7, 11) is 7.25. The minimum Gasteiger partial charge on any atom is -0.481 e. The molecule has 0 atom stereocenters. The van der Waals surface area contributed by atoms with Crippen molar-refractivity contribution in [2.24, 2.45) is 0 Å². The molecule has 1 N–H and O–H groups in total. The van der Waals surface area contributed by atoms with E-state index in [4.69, 9.17) is 9.47 Å². The van der Waals surface area contributed by atoms with E-state index < -0.39 is 0 Å². The number of ether oxygens (including phenoxy) is 2. The molecule has 0 aromatic carbocycles. The Labute approximate surface area is 102 Å². The summed E-state index contributed by atoms with van der Waals surface area (Å²) in [6.45, 7) is 2.13. The zero-order valence-corrected chi connectivity index (χ0v) is 10.9. The first kappa shape index (κ1) is 13.7. The van der Waals surface area contributed by atoms with Crippen LogP contribution in [0.3, 0.4) is 0 Å². The topological polar surface area (TPSA) is 59.5 Å². The standard InChI is InChI=1S/C11H20N4O2/c1-15(2)6-5-12-9-7-11(17-4)14-10(13-9)8-16-3/h7H,5-6,8H2,1-4H3,(H,12,13,14). The Morgan fingerprint density at radius 1 is 1.29 bits per heavy atom. The van der Waals surface area contributed by atoms with Crippen LogP contribution in [0.1, 0.15) is 5.82 Å². The molecule has 0 spiro atoms. The molecule has 17 heavy (non-hydrogen) atoms. The number of nitrogens with zero attached hydrogens (tertiary/aromatic N) is 3. The highest BCUT2D eigenvalue weighted by Crippen LogP contribution is 2.13. The van der Waals surface area contributed by atoms with Crippen LogP contribution in [0.2, 0.25) is 0 Å². The summed E-state index contributed by atoms with van der Waals surface area (Å²) in [6, 6.07) is 1.77. The minimum absolute atomic E-state index is 0.375. The predicted octanol–water partition coefficient (Wildman–Crippen LogP) is 0.605. The third-order valence-electron chi connectivity index (χ3n) is 2.10. The summed E-state index contributed by atoms with van der Waals surface area (Å²) in [5.74, 6) is 1.91. The molecule has 96 valence electrons. The van der Waals surface area contributed by atoms with E-state index in [1.165, 1.54) is 0 Å². The molecule has 0 aliphatic heterocycles. The summed E-state index contributed by atoms with van der Waals surface area (Å²) in [5.41, 5.74) is 0. The molecular weight excluding hydrogens is 220 g/mol. The maximum Gasteiger partial charge on any atom is 0.218 e. The molecule has 1 aromatic rings. The number of aromatic nitrogens is 2. The average Bonchev–Trinajstić information content (AvgIpc) is 2.28.